The van der Waals surface area contributed by atoms with Gasteiger partial charge in [0.15, 0.2) is 33.9 Å². The molecular weight excluding hydrogens is 524 g/mol. The molecule has 5 rings (SSSR count). The van der Waals surface area contributed by atoms with E-state index in [1.54, 1.807) is 49.4 Å². The maximum Gasteiger partial charge on any atom is 0.296 e. The van der Waals surface area contributed by atoms with Crippen LogP contribution in [0.25, 0.3) is 11.0 Å². The fraction of sp³-hybridized carbons (Fsp3) is 0.214. The molecule has 0 saturated carbocycles. The summed E-state index contributed by atoms with van der Waals surface area (Å²) in [4.78, 5) is 45.6. The normalized spacial score (nSPS) is 15.3. The molecule has 3 heterocycles. The number of aliphatic hydroxyl groups excluding tert-OH is 1. The molecular formula is C28H24N2O8S. The Kier molecular flexibility index (Phi) is 6.61. The third kappa shape index (κ3) is 4.20. The van der Waals surface area contributed by atoms with Crippen molar-refractivity contribution >= 4 is 44.9 Å². The summed E-state index contributed by atoms with van der Waals surface area (Å²) in [7, 11) is 4.33. The Labute approximate surface area is 227 Å². The molecule has 1 amide bonds. The number of methoxy groups -OCH3 is 3. The van der Waals surface area contributed by atoms with E-state index in [4.69, 9.17) is 18.6 Å². The number of amides is 1. The van der Waals surface area contributed by atoms with Crippen molar-refractivity contribution in [3.8, 4) is 17.2 Å². The van der Waals surface area contributed by atoms with Crippen molar-refractivity contribution in [1.82, 2.24) is 4.98 Å². The summed E-state index contributed by atoms with van der Waals surface area (Å²) in [5.74, 6) is -1.69. The van der Waals surface area contributed by atoms with E-state index in [2.05, 4.69) is 4.98 Å². The number of hydrogen-bond donors (Lipinski definition) is 1. The zero-order valence-corrected chi connectivity index (χ0v) is 22.5. The Morgan fingerprint density at radius 1 is 1.05 bits per heavy atom. The Morgan fingerprint density at radius 2 is 1.72 bits per heavy atom. The van der Waals surface area contributed by atoms with Crippen LogP contribution < -0.4 is 19.1 Å². The minimum absolute atomic E-state index is 0.0513. The van der Waals surface area contributed by atoms with E-state index >= 15 is 0 Å². The van der Waals surface area contributed by atoms with Gasteiger partial charge in [-0.2, -0.15) is 0 Å². The maximum absolute atomic E-state index is 13.9. The van der Waals surface area contributed by atoms with Gasteiger partial charge in [0, 0.05) is 12.3 Å². The van der Waals surface area contributed by atoms with Gasteiger partial charge in [0.1, 0.15) is 5.58 Å². The molecule has 0 unspecified atom stereocenters. The number of fused-ring (bicyclic) bond motifs is 1. The number of thiazole rings is 1. The smallest absolute Gasteiger partial charge is 0.296 e. The van der Waals surface area contributed by atoms with Crippen LogP contribution in [0.2, 0.25) is 0 Å². The van der Waals surface area contributed by atoms with Gasteiger partial charge in [-0.25, -0.2) is 4.98 Å². The topological polar surface area (TPSA) is 128 Å². The zero-order valence-electron chi connectivity index (χ0n) is 21.7. The highest BCUT2D eigenvalue weighted by atomic mass is 32.1. The molecule has 1 aliphatic heterocycles. The summed E-state index contributed by atoms with van der Waals surface area (Å²) in [5.41, 5.74) is 1.06. The van der Waals surface area contributed by atoms with Gasteiger partial charge < -0.3 is 23.7 Å². The molecule has 1 atom stereocenters. The van der Waals surface area contributed by atoms with Crippen LogP contribution in [-0.2, 0) is 4.79 Å². The first-order valence-corrected chi connectivity index (χ1v) is 12.6. The maximum atomic E-state index is 13.9. The average molecular weight is 549 g/mol. The molecule has 4 aromatic rings. The number of furan rings is 1. The Hall–Kier alpha value is -4.64. The average Bonchev–Trinajstić information content (AvgIpc) is 3.61. The summed E-state index contributed by atoms with van der Waals surface area (Å²) >= 11 is 0.995. The lowest BCUT2D eigenvalue weighted by molar-refractivity contribution is -0.117. The first kappa shape index (κ1) is 26.0. The Bertz CT molecular complexity index is 1620. The van der Waals surface area contributed by atoms with E-state index in [9.17, 15) is 19.5 Å². The van der Waals surface area contributed by atoms with E-state index in [0.717, 1.165) is 11.3 Å². The minimum atomic E-state index is -1.16. The quantitative estimate of drug-likeness (QED) is 0.295. The molecule has 0 fully saturated rings. The molecule has 39 heavy (non-hydrogen) atoms. The van der Waals surface area contributed by atoms with Crippen LogP contribution >= 0.6 is 11.3 Å². The number of para-hydroxylation sites is 1. The molecule has 0 spiro atoms. The van der Waals surface area contributed by atoms with Gasteiger partial charge in [-0.1, -0.05) is 29.5 Å². The van der Waals surface area contributed by atoms with Crippen LogP contribution in [0, 0.1) is 6.92 Å². The highest BCUT2D eigenvalue weighted by Crippen LogP contribution is 2.48. The number of carbonyl (C=O) groups excluding carboxylic acids is 3. The Balaban J connectivity index is 1.73. The first-order valence-electron chi connectivity index (χ1n) is 11.8. The predicted molar refractivity (Wildman–Crippen MR) is 143 cm³/mol. The molecule has 2 aromatic carbocycles. The number of carbonyl (C=O) groups is 3. The van der Waals surface area contributed by atoms with Crippen molar-refractivity contribution < 1.29 is 38.1 Å². The number of anilines is 1. The van der Waals surface area contributed by atoms with Crippen LogP contribution in [0.15, 0.2) is 58.2 Å². The van der Waals surface area contributed by atoms with Crippen LogP contribution in [0.4, 0.5) is 5.13 Å². The molecule has 0 bridgehead atoms. The second-order valence-electron chi connectivity index (χ2n) is 8.74. The van der Waals surface area contributed by atoms with Gasteiger partial charge in [-0.3, -0.25) is 19.3 Å². The number of hydrogen-bond acceptors (Lipinski definition) is 10. The first-order chi connectivity index (χ1) is 18.7. The number of ketones is 2. The lowest BCUT2D eigenvalue weighted by atomic mass is 9.94. The highest BCUT2D eigenvalue weighted by molar-refractivity contribution is 7.17. The highest BCUT2D eigenvalue weighted by Gasteiger charge is 2.47. The molecule has 1 aliphatic rings. The number of rotatable bonds is 8. The van der Waals surface area contributed by atoms with Crippen LogP contribution in [0.5, 0.6) is 17.2 Å². The summed E-state index contributed by atoms with van der Waals surface area (Å²) < 4.78 is 22.2. The molecule has 1 N–H and O–H groups in total. The fourth-order valence-electron chi connectivity index (χ4n) is 4.65. The molecule has 2 aromatic heterocycles. The fourth-order valence-corrected chi connectivity index (χ4v) is 5.64. The molecule has 10 nitrogen and oxygen atoms in total. The molecule has 0 saturated heterocycles. The van der Waals surface area contributed by atoms with Crippen LogP contribution in [0.3, 0.4) is 0 Å². The van der Waals surface area contributed by atoms with Gasteiger partial charge in [0.2, 0.25) is 11.5 Å². The molecule has 200 valence electrons. The number of nitrogens with zero attached hydrogens (tertiary/aromatic N) is 2. The number of Topliss-reactive ketones (excluding diaryl/α,β-unsaturated/α-hetero) is 2. The van der Waals surface area contributed by atoms with E-state index in [1.165, 1.54) is 33.2 Å². The third-order valence-corrected chi connectivity index (χ3v) is 7.67. The lowest BCUT2D eigenvalue weighted by Gasteiger charge is -2.25. The van der Waals surface area contributed by atoms with Gasteiger partial charge >= 0.3 is 0 Å². The van der Waals surface area contributed by atoms with Gasteiger partial charge in [-0.15, -0.1) is 0 Å². The number of benzene rings is 2. The lowest BCUT2D eigenvalue weighted by Crippen LogP contribution is -2.31. The predicted octanol–water partition coefficient (Wildman–Crippen LogP) is 5.21. The summed E-state index contributed by atoms with van der Waals surface area (Å²) in [6.07, 6.45) is 0. The van der Waals surface area contributed by atoms with E-state index in [1.807, 2.05) is 0 Å². The van der Waals surface area contributed by atoms with Gasteiger partial charge in [0.05, 0.1) is 43.5 Å². The van der Waals surface area contributed by atoms with Crippen molar-refractivity contribution in [2.24, 2.45) is 0 Å². The van der Waals surface area contributed by atoms with E-state index in [0.29, 0.717) is 32.9 Å². The summed E-state index contributed by atoms with van der Waals surface area (Å²) in [6.45, 7) is 3.05. The van der Waals surface area contributed by atoms with Crippen molar-refractivity contribution in [3.05, 3.63) is 75.7 Å². The largest absolute Gasteiger partial charge is 0.503 e. The van der Waals surface area contributed by atoms with Gasteiger partial charge in [-0.05, 0) is 36.8 Å². The van der Waals surface area contributed by atoms with E-state index < -0.39 is 23.5 Å². The van der Waals surface area contributed by atoms with Crippen molar-refractivity contribution in [3.63, 3.8) is 0 Å². The number of aliphatic hydroxyl groups is 1. The van der Waals surface area contributed by atoms with Crippen LogP contribution in [0.1, 0.15) is 44.4 Å². The second kappa shape index (κ2) is 9.91. The zero-order chi connectivity index (χ0) is 28.0. The second-order valence-corrected chi connectivity index (χ2v) is 9.72. The van der Waals surface area contributed by atoms with Crippen LogP contribution in [-0.4, -0.2) is 48.9 Å². The number of aromatic nitrogens is 1. The minimum Gasteiger partial charge on any atom is -0.503 e. The van der Waals surface area contributed by atoms with Crippen molar-refractivity contribution in [2.45, 2.75) is 19.9 Å². The SMILES string of the molecule is COc1cc([C@H]2C(C(=O)c3cc4ccccc4o3)=C(O)C(=O)N2c2nc(C)c(C(C)=O)s2)cc(OC)c1OC. The van der Waals surface area contributed by atoms with Crippen molar-refractivity contribution in [2.75, 3.05) is 26.2 Å². The number of aryl methyl sites for hydroxylation is 1. The number of ether oxygens (including phenoxy) is 3. The standard InChI is InChI=1S/C28H24N2O8S/c1-13-26(14(2)31)39-28(29-13)30-22(16-11-19(35-3)25(37-5)20(12-16)36-4)21(24(33)27(30)34)23(32)18-10-15-8-6-7-9-17(15)38-18/h6-12,22,33H,1-5H3/t22-/m0/s1. The van der Waals surface area contributed by atoms with Gasteiger partial charge in [0.25, 0.3) is 5.91 Å². The summed E-state index contributed by atoms with van der Waals surface area (Å²) in [5, 5.41) is 11.9. The van der Waals surface area contributed by atoms with Crippen molar-refractivity contribution in [1.29, 1.82) is 0 Å². The monoisotopic (exact) mass is 548 g/mol. The Morgan fingerprint density at radius 3 is 2.28 bits per heavy atom. The molecule has 11 heteroatoms. The third-order valence-electron chi connectivity index (χ3n) is 6.42. The molecule has 0 radical (unpaired) electrons. The molecule has 0 aliphatic carbocycles. The van der Waals surface area contributed by atoms with E-state index in [-0.39, 0.29) is 33.7 Å². The summed E-state index contributed by atoms with van der Waals surface area (Å²) in [6, 6.07) is 10.6.